The maximum Gasteiger partial charge on any atom is 0.230 e. The molecule has 30 heavy (non-hydrogen) atoms. The number of rotatable bonds is 10. The lowest BCUT2D eigenvalue weighted by Crippen LogP contribution is -2.25. The van der Waals surface area contributed by atoms with E-state index in [-0.39, 0.29) is 36.4 Å². The van der Waals surface area contributed by atoms with Gasteiger partial charge in [0, 0.05) is 18.7 Å². The average Bonchev–Trinajstić information content (AvgIpc) is 3.13. The summed E-state index contributed by atoms with van der Waals surface area (Å²) in [5.74, 6) is -0.415. The van der Waals surface area contributed by atoms with E-state index in [0.29, 0.717) is 23.1 Å². The molecule has 0 saturated heterocycles. The van der Waals surface area contributed by atoms with Crippen LogP contribution >= 0.6 is 11.8 Å². The summed E-state index contributed by atoms with van der Waals surface area (Å²) in [6, 6.07) is 12.4. The standard InChI is InChI=1S/C21H20F2N4O2S/c1-2-11-27-19(13-29-18-10-6-5-9-17(18)23)25-26-21(27)30-14-20(28)24-12-15-7-3-4-8-16(15)22/h2-10H,1,11-14H2,(H,24,28). The molecule has 1 aromatic heterocycles. The molecule has 1 amide bonds. The zero-order valence-electron chi connectivity index (χ0n) is 16.1. The molecule has 0 spiro atoms. The zero-order chi connectivity index (χ0) is 21.3. The smallest absolute Gasteiger partial charge is 0.230 e. The summed E-state index contributed by atoms with van der Waals surface area (Å²) in [4.78, 5) is 12.1. The van der Waals surface area contributed by atoms with Crippen LogP contribution in [0.5, 0.6) is 5.75 Å². The fourth-order valence-electron chi connectivity index (χ4n) is 2.57. The summed E-state index contributed by atoms with van der Waals surface area (Å²) < 4.78 is 34.6. The van der Waals surface area contributed by atoms with Gasteiger partial charge in [-0.3, -0.25) is 9.36 Å². The molecular formula is C21H20F2N4O2S. The quantitative estimate of drug-likeness (QED) is 0.392. The number of benzene rings is 2. The Morgan fingerprint density at radius 1 is 1.13 bits per heavy atom. The van der Waals surface area contributed by atoms with E-state index in [0.717, 1.165) is 0 Å². The summed E-state index contributed by atoms with van der Waals surface area (Å²) in [6.45, 7) is 4.24. The normalized spacial score (nSPS) is 10.6. The number of ether oxygens (including phenoxy) is 1. The molecule has 1 heterocycles. The van der Waals surface area contributed by atoms with Crippen LogP contribution < -0.4 is 10.1 Å². The highest BCUT2D eigenvalue weighted by Crippen LogP contribution is 2.20. The summed E-state index contributed by atoms with van der Waals surface area (Å²) in [5, 5.41) is 11.3. The highest BCUT2D eigenvalue weighted by atomic mass is 32.2. The SMILES string of the molecule is C=CCn1c(COc2ccccc2F)nnc1SCC(=O)NCc1ccccc1F. The first-order valence-corrected chi connectivity index (χ1v) is 10.1. The Balaban J connectivity index is 1.57. The Labute approximate surface area is 177 Å². The summed E-state index contributed by atoms with van der Waals surface area (Å²) >= 11 is 1.19. The van der Waals surface area contributed by atoms with Crippen molar-refractivity contribution in [2.45, 2.75) is 24.9 Å². The second-order valence-corrected chi connectivity index (χ2v) is 7.12. The van der Waals surface area contributed by atoms with Crippen LogP contribution in [0.15, 0.2) is 66.3 Å². The highest BCUT2D eigenvalue weighted by Gasteiger charge is 2.15. The van der Waals surface area contributed by atoms with Crippen molar-refractivity contribution < 1.29 is 18.3 Å². The number of aromatic nitrogens is 3. The van der Waals surface area contributed by atoms with Gasteiger partial charge in [-0.1, -0.05) is 48.2 Å². The minimum absolute atomic E-state index is 0.0157. The molecule has 3 aromatic rings. The molecule has 3 rings (SSSR count). The van der Waals surface area contributed by atoms with Crippen molar-refractivity contribution in [1.82, 2.24) is 20.1 Å². The molecule has 0 bridgehead atoms. The number of hydrogen-bond acceptors (Lipinski definition) is 5. The number of amides is 1. The van der Waals surface area contributed by atoms with E-state index in [4.69, 9.17) is 4.74 Å². The van der Waals surface area contributed by atoms with Crippen LogP contribution in [0, 0.1) is 11.6 Å². The maximum absolute atomic E-state index is 13.7. The monoisotopic (exact) mass is 430 g/mol. The van der Waals surface area contributed by atoms with Gasteiger partial charge >= 0.3 is 0 Å². The van der Waals surface area contributed by atoms with Gasteiger partial charge in [-0.2, -0.15) is 0 Å². The first kappa shape index (κ1) is 21.5. The van der Waals surface area contributed by atoms with E-state index in [1.807, 2.05) is 0 Å². The van der Waals surface area contributed by atoms with Crippen molar-refractivity contribution in [2.24, 2.45) is 0 Å². The van der Waals surface area contributed by atoms with Crippen LogP contribution in [0.2, 0.25) is 0 Å². The number of thioether (sulfide) groups is 1. The van der Waals surface area contributed by atoms with E-state index in [2.05, 4.69) is 22.1 Å². The molecule has 9 heteroatoms. The number of allylic oxidation sites excluding steroid dienone is 1. The number of nitrogens with zero attached hydrogens (tertiary/aromatic N) is 3. The molecule has 0 saturated carbocycles. The van der Waals surface area contributed by atoms with Gasteiger partial charge in [0.25, 0.3) is 0 Å². The zero-order valence-corrected chi connectivity index (χ0v) is 16.9. The Bertz CT molecular complexity index is 1030. The van der Waals surface area contributed by atoms with Crippen molar-refractivity contribution in [3.05, 3.63) is 84.2 Å². The van der Waals surface area contributed by atoms with Crippen LogP contribution in [0.25, 0.3) is 0 Å². The molecule has 156 valence electrons. The predicted octanol–water partition coefficient (Wildman–Crippen LogP) is 3.73. The molecule has 0 fully saturated rings. The predicted molar refractivity (Wildman–Crippen MR) is 110 cm³/mol. The second kappa shape index (κ2) is 10.5. The third kappa shape index (κ3) is 5.66. The third-order valence-electron chi connectivity index (χ3n) is 4.06. The van der Waals surface area contributed by atoms with Crippen molar-refractivity contribution in [3.63, 3.8) is 0 Å². The Hall–Kier alpha value is -3.20. The minimum atomic E-state index is -0.464. The van der Waals surface area contributed by atoms with Gasteiger partial charge < -0.3 is 10.1 Å². The van der Waals surface area contributed by atoms with E-state index in [1.165, 1.54) is 30.0 Å². The van der Waals surface area contributed by atoms with E-state index in [1.54, 1.807) is 41.0 Å². The minimum Gasteiger partial charge on any atom is -0.483 e. The lowest BCUT2D eigenvalue weighted by Gasteiger charge is -2.10. The first-order valence-electron chi connectivity index (χ1n) is 9.11. The molecule has 6 nitrogen and oxygen atoms in total. The van der Waals surface area contributed by atoms with Gasteiger partial charge in [-0.05, 0) is 18.2 Å². The van der Waals surface area contributed by atoms with Crippen LogP contribution in [-0.4, -0.2) is 26.4 Å². The van der Waals surface area contributed by atoms with E-state index < -0.39 is 5.82 Å². The summed E-state index contributed by atoms with van der Waals surface area (Å²) in [6.07, 6.45) is 1.66. The Morgan fingerprint density at radius 3 is 2.60 bits per heavy atom. The molecule has 0 aliphatic carbocycles. The molecule has 1 N–H and O–H groups in total. The van der Waals surface area contributed by atoms with Crippen LogP contribution in [0.1, 0.15) is 11.4 Å². The fourth-order valence-corrected chi connectivity index (χ4v) is 3.36. The van der Waals surface area contributed by atoms with Crippen LogP contribution in [-0.2, 0) is 24.5 Å². The number of halogens is 2. The highest BCUT2D eigenvalue weighted by molar-refractivity contribution is 7.99. The molecule has 0 radical (unpaired) electrons. The van der Waals surface area contributed by atoms with E-state index in [9.17, 15) is 13.6 Å². The lowest BCUT2D eigenvalue weighted by molar-refractivity contribution is -0.118. The van der Waals surface area contributed by atoms with Gasteiger partial charge in [-0.25, -0.2) is 8.78 Å². The third-order valence-corrected chi connectivity index (χ3v) is 5.03. The number of carbonyl (C=O) groups is 1. The Kier molecular flexibility index (Phi) is 7.56. The number of para-hydroxylation sites is 1. The summed E-state index contributed by atoms with van der Waals surface area (Å²) in [7, 11) is 0. The first-order chi connectivity index (χ1) is 14.6. The molecule has 0 unspecified atom stereocenters. The van der Waals surface area contributed by atoms with Crippen molar-refractivity contribution in [1.29, 1.82) is 0 Å². The number of hydrogen-bond donors (Lipinski definition) is 1. The number of nitrogens with one attached hydrogen (secondary N) is 1. The van der Waals surface area contributed by atoms with Gasteiger partial charge in [0.15, 0.2) is 22.5 Å². The average molecular weight is 430 g/mol. The van der Waals surface area contributed by atoms with E-state index >= 15 is 0 Å². The van der Waals surface area contributed by atoms with Gasteiger partial charge in [-0.15, -0.1) is 16.8 Å². The molecular weight excluding hydrogens is 410 g/mol. The van der Waals surface area contributed by atoms with Gasteiger partial charge in [0.1, 0.15) is 12.4 Å². The van der Waals surface area contributed by atoms with Crippen LogP contribution in [0.4, 0.5) is 8.78 Å². The van der Waals surface area contributed by atoms with Crippen LogP contribution in [0.3, 0.4) is 0 Å². The van der Waals surface area contributed by atoms with Gasteiger partial charge in [0.05, 0.1) is 5.75 Å². The van der Waals surface area contributed by atoms with Crippen molar-refractivity contribution >= 4 is 17.7 Å². The maximum atomic E-state index is 13.7. The largest absolute Gasteiger partial charge is 0.483 e. The molecule has 0 aliphatic rings. The van der Waals surface area contributed by atoms with Crippen molar-refractivity contribution in [2.75, 3.05) is 5.75 Å². The molecule has 0 aliphatic heterocycles. The molecule has 0 atom stereocenters. The Morgan fingerprint density at radius 2 is 1.87 bits per heavy atom. The topological polar surface area (TPSA) is 69.0 Å². The van der Waals surface area contributed by atoms with Gasteiger partial charge in [0.2, 0.25) is 5.91 Å². The lowest BCUT2D eigenvalue weighted by atomic mass is 10.2. The second-order valence-electron chi connectivity index (χ2n) is 6.17. The number of carbonyl (C=O) groups excluding carboxylic acids is 1. The summed E-state index contributed by atoms with van der Waals surface area (Å²) in [5.41, 5.74) is 0.415. The fraction of sp³-hybridized carbons (Fsp3) is 0.190. The van der Waals surface area contributed by atoms with Crippen molar-refractivity contribution in [3.8, 4) is 5.75 Å². The molecule has 2 aromatic carbocycles.